The summed E-state index contributed by atoms with van der Waals surface area (Å²) in [6.07, 6.45) is -0.0580. The molecular weight excluding hydrogens is 413 g/mol. The molecule has 7 heteroatoms. The van der Waals surface area contributed by atoms with Crippen molar-refractivity contribution >= 4 is 11.9 Å². The number of nitrogens with zero attached hydrogens (tertiary/aromatic N) is 1. The number of hydrogen-bond donors (Lipinski definition) is 0. The molecule has 1 aliphatic carbocycles. The number of rotatable bonds is 8. The smallest absolute Gasteiger partial charge is 0.366 e. The van der Waals surface area contributed by atoms with Crippen molar-refractivity contribution in [3.05, 3.63) is 72.1 Å². The highest BCUT2D eigenvalue weighted by Crippen LogP contribution is 2.60. The van der Waals surface area contributed by atoms with Crippen molar-refractivity contribution in [2.45, 2.75) is 26.9 Å². The van der Waals surface area contributed by atoms with E-state index in [-0.39, 0.29) is 6.61 Å². The van der Waals surface area contributed by atoms with Crippen LogP contribution in [0.2, 0.25) is 0 Å². The molecule has 0 aromatic heterocycles. The maximum absolute atomic E-state index is 14.0. The number of allylic oxidation sites excluding steroid dienone is 1. The monoisotopic (exact) mass is 437 g/mol. The van der Waals surface area contributed by atoms with E-state index in [1.165, 1.54) is 0 Å². The summed E-state index contributed by atoms with van der Waals surface area (Å²) in [6, 6.07) is 17.8. The van der Waals surface area contributed by atoms with Crippen LogP contribution in [0.5, 0.6) is 11.5 Å². The van der Waals surface area contributed by atoms with Crippen molar-refractivity contribution in [1.29, 1.82) is 5.26 Å². The molecule has 0 heterocycles. The zero-order valence-electron chi connectivity index (χ0n) is 18.1. The molecule has 0 amide bonds. The van der Waals surface area contributed by atoms with Crippen LogP contribution in [0.3, 0.4) is 0 Å². The van der Waals surface area contributed by atoms with Crippen molar-refractivity contribution < 1.29 is 28.2 Å². The first kappa shape index (κ1) is 23.0. The predicted octanol–water partition coefficient (Wildman–Crippen LogP) is 5.28. The number of carbonyl (C=O) groups is 2. The van der Waals surface area contributed by atoms with Gasteiger partial charge in [0.25, 0.3) is 0 Å². The largest absolute Gasteiger partial charge is 0.461 e. The van der Waals surface area contributed by atoms with Gasteiger partial charge in [-0.3, -0.25) is 4.79 Å². The van der Waals surface area contributed by atoms with Gasteiger partial charge in [-0.1, -0.05) is 44.2 Å². The standard InChI is InChI=1S/C25H24FNO5/c1-4-30-23(28)20(26)14-19-22(25(19,2)3)24(29)32-21(15-27)16-9-8-12-18(13-16)31-17-10-6-5-7-11-17/h5-14,19,21-22H,4H2,1-3H3/b20-14+/t19-,21+,22-/m0/s1. The van der Waals surface area contributed by atoms with E-state index < -0.39 is 41.1 Å². The third-order valence-electron chi connectivity index (χ3n) is 5.45. The number of ether oxygens (including phenoxy) is 3. The number of esters is 2. The first-order chi connectivity index (χ1) is 15.3. The maximum atomic E-state index is 14.0. The lowest BCUT2D eigenvalue weighted by Crippen LogP contribution is -2.14. The van der Waals surface area contributed by atoms with E-state index in [2.05, 4.69) is 4.74 Å². The molecule has 0 unspecified atom stereocenters. The molecule has 0 aliphatic heterocycles. The van der Waals surface area contributed by atoms with Crippen LogP contribution in [-0.4, -0.2) is 18.5 Å². The number of benzene rings is 2. The van der Waals surface area contributed by atoms with Crippen LogP contribution in [0, 0.1) is 28.6 Å². The van der Waals surface area contributed by atoms with E-state index in [1.807, 2.05) is 24.3 Å². The summed E-state index contributed by atoms with van der Waals surface area (Å²) in [5, 5.41) is 9.58. The van der Waals surface area contributed by atoms with Gasteiger partial charge in [0.05, 0.1) is 12.5 Å². The average Bonchev–Trinajstić information content (AvgIpc) is 3.32. The maximum Gasteiger partial charge on any atom is 0.366 e. The molecule has 1 aliphatic rings. The molecule has 6 nitrogen and oxygen atoms in total. The average molecular weight is 437 g/mol. The Hall–Kier alpha value is -3.66. The van der Waals surface area contributed by atoms with E-state index >= 15 is 0 Å². The second kappa shape index (κ2) is 9.65. The molecule has 0 N–H and O–H groups in total. The summed E-state index contributed by atoms with van der Waals surface area (Å²) in [7, 11) is 0. The van der Waals surface area contributed by atoms with Crippen LogP contribution >= 0.6 is 0 Å². The molecule has 3 rings (SSSR count). The van der Waals surface area contributed by atoms with Crippen molar-refractivity contribution in [3.8, 4) is 17.6 Å². The highest BCUT2D eigenvalue weighted by molar-refractivity contribution is 5.87. The van der Waals surface area contributed by atoms with Crippen molar-refractivity contribution in [3.63, 3.8) is 0 Å². The zero-order chi connectivity index (χ0) is 23.3. The van der Waals surface area contributed by atoms with E-state index in [0.29, 0.717) is 17.1 Å². The van der Waals surface area contributed by atoms with Gasteiger partial charge in [-0.05, 0) is 48.6 Å². The second-order valence-electron chi connectivity index (χ2n) is 7.99. The highest BCUT2D eigenvalue weighted by atomic mass is 19.1. The van der Waals surface area contributed by atoms with E-state index in [9.17, 15) is 19.2 Å². The van der Waals surface area contributed by atoms with Crippen LogP contribution in [0.1, 0.15) is 32.4 Å². The molecule has 0 radical (unpaired) electrons. The number of carbonyl (C=O) groups excluding carboxylic acids is 2. The third kappa shape index (κ3) is 5.14. The molecule has 32 heavy (non-hydrogen) atoms. The van der Waals surface area contributed by atoms with Gasteiger partial charge in [0.2, 0.25) is 11.9 Å². The van der Waals surface area contributed by atoms with Crippen molar-refractivity contribution in [2.75, 3.05) is 6.61 Å². The minimum atomic E-state index is -1.15. The summed E-state index contributed by atoms with van der Waals surface area (Å²) in [5.41, 5.74) is -0.156. The molecule has 0 bridgehead atoms. The van der Waals surface area contributed by atoms with Gasteiger partial charge >= 0.3 is 11.9 Å². The van der Waals surface area contributed by atoms with Crippen molar-refractivity contribution in [1.82, 2.24) is 0 Å². The number of hydrogen-bond acceptors (Lipinski definition) is 6. The number of nitriles is 1. The molecule has 3 atom stereocenters. The Morgan fingerprint density at radius 2 is 1.84 bits per heavy atom. The molecule has 0 saturated heterocycles. The first-order valence-corrected chi connectivity index (χ1v) is 10.2. The lowest BCUT2D eigenvalue weighted by atomic mass is 10.1. The van der Waals surface area contributed by atoms with E-state index in [0.717, 1.165) is 6.08 Å². The Balaban J connectivity index is 1.70. The third-order valence-corrected chi connectivity index (χ3v) is 5.45. The lowest BCUT2D eigenvalue weighted by Gasteiger charge is -2.13. The Kier molecular flexibility index (Phi) is 6.94. The second-order valence-corrected chi connectivity index (χ2v) is 7.99. The number of para-hydroxylation sites is 1. The Morgan fingerprint density at radius 1 is 1.16 bits per heavy atom. The van der Waals surface area contributed by atoms with Crippen LogP contribution in [-0.2, 0) is 19.1 Å². The van der Waals surface area contributed by atoms with E-state index in [1.54, 1.807) is 57.2 Å². The zero-order valence-corrected chi connectivity index (χ0v) is 18.1. The molecule has 1 fully saturated rings. The summed E-state index contributed by atoms with van der Waals surface area (Å²) in [5.74, 6) is -2.82. The predicted molar refractivity (Wildman–Crippen MR) is 114 cm³/mol. The minimum Gasteiger partial charge on any atom is -0.461 e. The van der Waals surface area contributed by atoms with Crippen LogP contribution in [0.4, 0.5) is 4.39 Å². The Bertz CT molecular complexity index is 1060. The normalized spacial score (nSPS) is 19.9. The SMILES string of the molecule is CCOC(=O)/C(F)=C\[C@H]1[C@@H](C(=O)O[C@H](C#N)c2cccc(Oc3ccccc3)c2)C1(C)C. The van der Waals surface area contributed by atoms with E-state index in [4.69, 9.17) is 9.47 Å². The van der Waals surface area contributed by atoms with Crippen molar-refractivity contribution in [2.24, 2.45) is 17.3 Å². The molecule has 0 spiro atoms. The topological polar surface area (TPSA) is 85.6 Å². The fraction of sp³-hybridized carbons (Fsp3) is 0.320. The minimum absolute atomic E-state index is 0.0521. The van der Waals surface area contributed by atoms with Crippen LogP contribution < -0.4 is 4.74 Å². The van der Waals surface area contributed by atoms with Crippen LogP contribution in [0.25, 0.3) is 0 Å². The summed E-state index contributed by atoms with van der Waals surface area (Å²) in [6.45, 7) is 5.17. The Labute approximate surface area is 186 Å². The van der Waals surface area contributed by atoms with Gasteiger partial charge in [-0.2, -0.15) is 9.65 Å². The van der Waals surface area contributed by atoms with Gasteiger partial charge in [0.15, 0.2) is 0 Å². The molecule has 166 valence electrons. The molecular formula is C25H24FNO5. The van der Waals surface area contributed by atoms with Gasteiger partial charge in [-0.25, -0.2) is 4.79 Å². The molecule has 2 aromatic carbocycles. The number of halogens is 1. The summed E-state index contributed by atoms with van der Waals surface area (Å²) in [4.78, 5) is 24.3. The van der Waals surface area contributed by atoms with Gasteiger partial charge in [0.1, 0.15) is 17.6 Å². The summed E-state index contributed by atoms with van der Waals surface area (Å²) >= 11 is 0. The molecule has 1 saturated carbocycles. The Morgan fingerprint density at radius 3 is 2.50 bits per heavy atom. The quantitative estimate of drug-likeness (QED) is 0.413. The first-order valence-electron chi connectivity index (χ1n) is 10.2. The van der Waals surface area contributed by atoms with Gasteiger partial charge < -0.3 is 14.2 Å². The molecule has 2 aromatic rings. The highest BCUT2D eigenvalue weighted by Gasteiger charge is 2.62. The van der Waals surface area contributed by atoms with Gasteiger partial charge in [0, 0.05) is 5.56 Å². The lowest BCUT2D eigenvalue weighted by molar-refractivity contribution is -0.149. The fourth-order valence-corrected chi connectivity index (χ4v) is 3.59. The van der Waals surface area contributed by atoms with Gasteiger partial charge in [-0.15, -0.1) is 0 Å². The fourth-order valence-electron chi connectivity index (χ4n) is 3.59. The summed E-state index contributed by atoms with van der Waals surface area (Å²) < 4.78 is 29.9. The van der Waals surface area contributed by atoms with Crippen LogP contribution in [0.15, 0.2) is 66.5 Å².